The Kier molecular flexibility index (Phi) is 5.67. The normalized spacial score (nSPS) is 22.0. The molecule has 3 heteroatoms. The third-order valence-electron chi connectivity index (χ3n) is 3.78. The molecule has 0 spiro atoms. The van der Waals surface area contributed by atoms with Crippen molar-refractivity contribution in [3.05, 3.63) is 21.9 Å². The molecule has 2 atom stereocenters. The van der Waals surface area contributed by atoms with Gasteiger partial charge in [-0.05, 0) is 62.6 Å². The maximum absolute atomic E-state index is 5.83. The Hall–Kier alpha value is -0.380. The van der Waals surface area contributed by atoms with Crippen molar-refractivity contribution in [1.29, 1.82) is 0 Å². The van der Waals surface area contributed by atoms with Gasteiger partial charge in [-0.25, -0.2) is 0 Å². The predicted octanol–water partition coefficient (Wildman–Crippen LogP) is 4.06. The van der Waals surface area contributed by atoms with Gasteiger partial charge in [0.25, 0.3) is 0 Å². The fourth-order valence-electron chi connectivity index (χ4n) is 2.76. The number of nitrogens with one attached hydrogen (secondary N) is 1. The van der Waals surface area contributed by atoms with Gasteiger partial charge in [-0.3, -0.25) is 0 Å². The monoisotopic (exact) mass is 267 g/mol. The lowest BCUT2D eigenvalue weighted by Gasteiger charge is -2.25. The fraction of sp³-hybridized carbons (Fsp3) is 0.733. The Morgan fingerprint density at radius 2 is 2.39 bits per heavy atom. The van der Waals surface area contributed by atoms with Crippen LogP contribution in [0.2, 0.25) is 0 Å². The molecule has 2 rings (SSSR count). The van der Waals surface area contributed by atoms with E-state index in [9.17, 15) is 0 Å². The van der Waals surface area contributed by atoms with Crippen LogP contribution >= 0.6 is 11.3 Å². The molecule has 0 saturated carbocycles. The molecule has 1 aliphatic heterocycles. The van der Waals surface area contributed by atoms with Gasteiger partial charge in [-0.15, -0.1) is 11.3 Å². The van der Waals surface area contributed by atoms with Gasteiger partial charge in [0.1, 0.15) is 0 Å². The van der Waals surface area contributed by atoms with Crippen LogP contribution in [-0.4, -0.2) is 19.3 Å². The summed E-state index contributed by atoms with van der Waals surface area (Å²) in [7, 11) is 0. The largest absolute Gasteiger partial charge is 0.378 e. The predicted molar refractivity (Wildman–Crippen MR) is 78.3 cm³/mol. The third-order valence-corrected chi connectivity index (χ3v) is 4.64. The van der Waals surface area contributed by atoms with Crippen molar-refractivity contribution in [1.82, 2.24) is 5.32 Å². The van der Waals surface area contributed by atoms with E-state index in [0.29, 0.717) is 12.1 Å². The minimum Gasteiger partial charge on any atom is -0.378 e. The van der Waals surface area contributed by atoms with Gasteiger partial charge in [0.2, 0.25) is 0 Å². The summed E-state index contributed by atoms with van der Waals surface area (Å²) in [4.78, 5) is 1.45. The van der Waals surface area contributed by atoms with E-state index in [1.165, 1.54) is 42.5 Å². The van der Waals surface area contributed by atoms with Gasteiger partial charge in [0.15, 0.2) is 0 Å². The SMILES string of the molecule is CCNC(CCC1CCCCO1)c1ccsc1C. The first-order valence-corrected chi connectivity index (χ1v) is 8.08. The van der Waals surface area contributed by atoms with E-state index in [4.69, 9.17) is 4.74 Å². The number of rotatable bonds is 6. The van der Waals surface area contributed by atoms with Crippen molar-refractivity contribution < 1.29 is 4.74 Å². The van der Waals surface area contributed by atoms with Crippen LogP contribution < -0.4 is 5.32 Å². The van der Waals surface area contributed by atoms with E-state index < -0.39 is 0 Å². The number of hydrogen-bond acceptors (Lipinski definition) is 3. The number of thiophene rings is 1. The Morgan fingerprint density at radius 1 is 1.50 bits per heavy atom. The molecule has 2 nitrogen and oxygen atoms in total. The summed E-state index contributed by atoms with van der Waals surface area (Å²) in [5, 5.41) is 5.82. The molecule has 0 bridgehead atoms. The zero-order valence-corrected chi connectivity index (χ0v) is 12.4. The maximum Gasteiger partial charge on any atom is 0.0575 e. The number of aryl methyl sites for hydroxylation is 1. The van der Waals surface area contributed by atoms with E-state index in [-0.39, 0.29) is 0 Å². The lowest BCUT2D eigenvalue weighted by molar-refractivity contribution is 0.00856. The zero-order valence-electron chi connectivity index (χ0n) is 11.6. The molecule has 1 aromatic rings. The summed E-state index contributed by atoms with van der Waals surface area (Å²) in [6.07, 6.45) is 6.72. The van der Waals surface area contributed by atoms with Crippen LogP contribution in [0.15, 0.2) is 11.4 Å². The average molecular weight is 267 g/mol. The molecule has 0 amide bonds. The molecule has 1 saturated heterocycles. The molecular formula is C15H25NOS. The first kappa shape index (κ1) is 14.0. The minimum absolute atomic E-state index is 0.499. The highest BCUT2D eigenvalue weighted by atomic mass is 32.1. The molecule has 2 unspecified atom stereocenters. The maximum atomic E-state index is 5.83. The molecule has 1 aliphatic rings. The highest BCUT2D eigenvalue weighted by Crippen LogP contribution is 2.28. The topological polar surface area (TPSA) is 21.3 Å². The van der Waals surface area contributed by atoms with Gasteiger partial charge >= 0.3 is 0 Å². The van der Waals surface area contributed by atoms with Crippen LogP contribution in [0.25, 0.3) is 0 Å². The fourth-order valence-corrected chi connectivity index (χ4v) is 3.52. The Balaban J connectivity index is 1.88. The van der Waals surface area contributed by atoms with E-state index in [1.54, 1.807) is 0 Å². The third kappa shape index (κ3) is 3.81. The van der Waals surface area contributed by atoms with E-state index >= 15 is 0 Å². The summed E-state index contributed by atoms with van der Waals surface area (Å²) < 4.78 is 5.83. The van der Waals surface area contributed by atoms with Crippen molar-refractivity contribution in [2.24, 2.45) is 0 Å². The molecule has 1 fully saturated rings. The van der Waals surface area contributed by atoms with E-state index in [0.717, 1.165) is 13.2 Å². The van der Waals surface area contributed by atoms with E-state index in [1.807, 2.05) is 11.3 Å². The molecule has 1 aromatic heterocycles. The van der Waals surface area contributed by atoms with E-state index in [2.05, 4.69) is 30.6 Å². The first-order chi connectivity index (χ1) is 8.81. The van der Waals surface area contributed by atoms with Crippen molar-refractivity contribution in [3.8, 4) is 0 Å². The summed E-state index contributed by atoms with van der Waals surface area (Å²) in [5.74, 6) is 0. The van der Waals surface area contributed by atoms with Crippen molar-refractivity contribution in [3.63, 3.8) is 0 Å². The summed E-state index contributed by atoms with van der Waals surface area (Å²) >= 11 is 1.85. The molecule has 18 heavy (non-hydrogen) atoms. The van der Waals surface area contributed by atoms with Crippen LogP contribution in [0.1, 0.15) is 55.5 Å². The van der Waals surface area contributed by atoms with Crippen molar-refractivity contribution in [2.75, 3.05) is 13.2 Å². The zero-order chi connectivity index (χ0) is 12.8. The molecule has 0 aliphatic carbocycles. The molecule has 2 heterocycles. The standard InChI is InChI=1S/C15H25NOS/c1-3-16-15(14-9-11-18-12(14)2)8-7-13-6-4-5-10-17-13/h9,11,13,15-16H,3-8,10H2,1-2H3. The van der Waals surface area contributed by atoms with Crippen LogP contribution in [0.4, 0.5) is 0 Å². The van der Waals surface area contributed by atoms with Gasteiger partial charge < -0.3 is 10.1 Å². The lowest BCUT2D eigenvalue weighted by Crippen LogP contribution is -2.25. The van der Waals surface area contributed by atoms with Crippen LogP contribution in [0, 0.1) is 6.92 Å². The minimum atomic E-state index is 0.499. The van der Waals surface area contributed by atoms with Crippen LogP contribution in [0.5, 0.6) is 0 Å². The first-order valence-electron chi connectivity index (χ1n) is 7.20. The Labute approximate surface area is 115 Å². The molecular weight excluding hydrogens is 242 g/mol. The second-order valence-corrected chi connectivity index (χ2v) is 6.23. The smallest absolute Gasteiger partial charge is 0.0575 e. The van der Waals surface area contributed by atoms with Gasteiger partial charge in [-0.1, -0.05) is 6.92 Å². The number of ether oxygens (including phenoxy) is 1. The van der Waals surface area contributed by atoms with Crippen molar-refractivity contribution >= 4 is 11.3 Å². The van der Waals surface area contributed by atoms with Gasteiger partial charge in [0, 0.05) is 17.5 Å². The molecule has 0 aromatic carbocycles. The quantitative estimate of drug-likeness (QED) is 0.839. The molecule has 102 valence electrons. The Morgan fingerprint density at radius 3 is 3.00 bits per heavy atom. The Bertz CT molecular complexity index is 344. The van der Waals surface area contributed by atoms with Crippen LogP contribution in [-0.2, 0) is 4.74 Å². The number of hydrogen-bond donors (Lipinski definition) is 1. The summed E-state index contributed by atoms with van der Waals surface area (Å²) in [6, 6.07) is 2.78. The summed E-state index contributed by atoms with van der Waals surface area (Å²) in [5.41, 5.74) is 1.48. The summed E-state index contributed by atoms with van der Waals surface area (Å²) in [6.45, 7) is 6.41. The second kappa shape index (κ2) is 7.27. The molecule has 0 radical (unpaired) electrons. The molecule has 1 N–H and O–H groups in total. The second-order valence-electron chi connectivity index (χ2n) is 5.11. The van der Waals surface area contributed by atoms with Crippen LogP contribution in [0.3, 0.4) is 0 Å². The average Bonchev–Trinajstić information content (AvgIpc) is 2.82. The highest BCUT2D eigenvalue weighted by Gasteiger charge is 2.18. The lowest BCUT2D eigenvalue weighted by atomic mass is 9.97. The highest BCUT2D eigenvalue weighted by molar-refractivity contribution is 7.10. The van der Waals surface area contributed by atoms with Crippen molar-refractivity contribution in [2.45, 2.75) is 58.1 Å². The van der Waals surface area contributed by atoms with Gasteiger partial charge in [-0.2, -0.15) is 0 Å². The van der Waals surface area contributed by atoms with Gasteiger partial charge in [0.05, 0.1) is 6.10 Å².